The Hall–Kier alpha value is -0.120. The summed E-state index contributed by atoms with van der Waals surface area (Å²) >= 11 is 0. The van der Waals surface area contributed by atoms with Gasteiger partial charge in [0.2, 0.25) is 0 Å². The van der Waals surface area contributed by atoms with Crippen molar-refractivity contribution in [3.8, 4) is 0 Å². The van der Waals surface area contributed by atoms with E-state index >= 15 is 0 Å². The van der Waals surface area contributed by atoms with E-state index in [4.69, 9.17) is 4.74 Å². The second kappa shape index (κ2) is 6.55. The number of rotatable bonds is 7. The van der Waals surface area contributed by atoms with Crippen molar-refractivity contribution in [3.63, 3.8) is 0 Å². The molecule has 3 aliphatic rings. The number of hydrogen-bond acceptors (Lipinski definition) is 3. The van der Waals surface area contributed by atoms with Crippen LogP contribution in [0.2, 0.25) is 0 Å². The van der Waals surface area contributed by atoms with Crippen LogP contribution in [0.15, 0.2) is 0 Å². The molecule has 1 heterocycles. The number of nitrogens with one attached hydrogen (secondary N) is 1. The lowest BCUT2D eigenvalue weighted by Crippen LogP contribution is -2.54. The van der Waals surface area contributed by atoms with E-state index in [2.05, 4.69) is 17.1 Å². The summed E-state index contributed by atoms with van der Waals surface area (Å²) in [4.78, 5) is 2.73. The standard InChI is InChI=1S/C16H30N2O/c1-2-10-19-15-4-3-9-18(12-15)16-8-5-13(16)11-17-14-6-7-14/h13-17H,2-12H2,1H3. The lowest BCUT2D eigenvalue weighted by atomic mass is 9.77. The molecule has 0 spiro atoms. The molecule has 110 valence electrons. The molecule has 0 aromatic heterocycles. The first-order chi connectivity index (χ1) is 9.36. The van der Waals surface area contributed by atoms with Crippen molar-refractivity contribution in [2.24, 2.45) is 5.92 Å². The molecule has 3 rings (SSSR count). The van der Waals surface area contributed by atoms with Gasteiger partial charge in [-0.15, -0.1) is 0 Å². The van der Waals surface area contributed by atoms with Crippen LogP contribution < -0.4 is 5.32 Å². The van der Waals surface area contributed by atoms with Crippen molar-refractivity contribution in [3.05, 3.63) is 0 Å². The first kappa shape index (κ1) is 13.8. The third-order valence-corrected chi connectivity index (χ3v) is 5.06. The van der Waals surface area contributed by atoms with Gasteiger partial charge in [0.05, 0.1) is 6.10 Å². The second-order valence-electron chi connectivity index (χ2n) is 6.72. The lowest BCUT2D eigenvalue weighted by Gasteiger charge is -2.47. The fourth-order valence-corrected chi connectivity index (χ4v) is 3.56. The van der Waals surface area contributed by atoms with Gasteiger partial charge in [-0.25, -0.2) is 0 Å². The van der Waals surface area contributed by atoms with E-state index in [9.17, 15) is 0 Å². The molecule has 0 bridgehead atoms. The summed E-state index contributed by atoms with van der Waals surface area (Å²) in [5, 5.41) is 3.72. The molecule has 0 radical (unpaired) electrons. The van der Waals surface area contributed by atoms with Gasteiger partial charge in [0.15, 0.2) is 0 Å². The van der Waals surface area contributed by atoms with Crippen molar-refractivity contribution in [2.75, 3.05) is 26.2 Å². The van der Waals surface area contributed by atoms with Crippen molar-refractivity contribution >= 4 is 0 Å². The normalized spacial score (nSPS) is 36.2. The van der Waals surface area contributed by atoms with E-state index in [-0.39, 0.29) is 0 Å². The summed E-state index contributed by atoms with van der Waals surface area (Å²) in [6, 6.07) is 1.71. The molecule has 2 saturated carbocycles. The Labute approximate surface area is 118 Å². The van der Waals surface area contributed by atoms with Crippen molar-refractivity contribution in [1.29, 1.82) is 0 Å². The van der Waals surface area contributed by atoms with Crippen LogP contribution >= 0.6 is 0 Å². The zero-order valence-corrected chi connectivity index (χ0v) is 12.4. The summed E-state index contributed by atoms with van der Waals surface area (Å²) < 4.78 is 5.97. The molecule has 0 aromatic carbocycles. The third-order valence-electron chi connectivity index (χ3n) is 5.06. The fraction of sp³-hybridized carbons (Fsp3) is 1.00. The summed E-state index contributed by atoms with van der Waals surface area (Å²) in [5.41, 5.74) is 0. The average Bonchev–Trinajstić information content (AvgIpc) is 3.20. The van der Waals surface area contributed by atoms with Gasteiger partial charge in [-0.1, -0.05) is 6.92 Å². The van der Waals surface area contributed by atoms with Gasteiger partial charge in [-0.2, -0.15) is 0 Å². The zero-order chi connectivity index (χ0) is 13.1. The minimum atomic E-state index is 0.506. The van der Waals surface area contributed by atoms with E-state index < -0.39 is 0 Å². The Morgan fingerprint density at radius 1 is 1.16 bits per heavy atom. The number of likely N-dealkylation sites (tertiary alicyclic amines) is 1. The fourth-order valence-electron chi connectivity index (χ4n) is 3.56. The summed E-state index contributed by atoms with van der Waals surface area (Å²) in [6.07, 6.45) is 9.92. The molecule has 0 amide bonds. The Balaban J connectivity index is 1.42. The van der Waals surface area contributed by atoms with Crippen molar-refractivity contribution in [1.82, 2.24) is 10.2 Å². The highest BCUT2D eigenvalue weighted by Crippen LogP contribution is 2.34. The first-order valence-electron chi connectivity index (χ1n) is 8.46. The topological polar surface area (TPSA) is 24.5 Å². The van der Waals surface area contributed by atoms with Gasteiger partial charge < -0.3 is 10.1 Å². The molecule has 3 unspecified atom stereocenters. The van der Waals surface area contributed by atoms with Gasteiger partial charge in [0, 0.05) is 25.2 Å². The molecule has 1 N–H and O–H groups in total. The maximum Gasteiger partial charge on any atom is 0.0702 e. The first-order valence-corrected chi connectivity index (χ1v) is 8.46. The highest BCUT2D eigenvalue weighted by Gasteiger charge is 2.38. The molecule has 2 aliphatic carbocycles. The number of nitrogens with zero attached hydrogens (tertiary/aromatic N) is 1. The minimum Gasteiger partial charge on any atom is -0.377 e. The van der Waals surface area contributed by atoms with Crippen LogP contribution in [0.1, 0.15) is 51.9 Å². The predicted molar refractivity (Wildman–Crippen MR) is 78.4 cm³/mol. The van der Waals surface area contributed by atoms with Crippen LogP contribution in [0.25, 0.3) is 0 Å². The number of piperidine rings is 1. The van der Waals surface area contributed by atoms with Gasteiger partial charge in [0.25, 0.3) is 0 Å². The average molecular weight is 266 g/mol. The third kappa shape index (κ3) is 3.71. The molecule has 3 fully saturated rings. The molecule has 3 heteroatoms. The Morgan fingerprint density at radius 3 is 2.74 bits per heavy atom. The van der Waals surface area contributed by atoms with E-state index in [1.54, 1.807) is 0 Å². The van der Waals surface area contributed by atoms with Crippen LogP contribution in [0.5, 0.6) is 0 Å². The maximum atomic E-state index is 5.97. The van der Waals surface area contributed by atoms with Crippen LogP contribution in [0.3, 0.4) is 0 Å². The van der Waals surface area contributed by atoms with Gasteiger partial charge in [-0.3, -0.25) is 4.90 Å². The quantitative estimate of drug-likeness (QED) is 0.766. The van der Waals surface area contributed by atoms with Gasteiger partial charge in [-0.05, 0) is 64.0 Å². The summed E-state index contributed by atoms with van der Waals surface area (Å²) in [7, 11) is 0. The Bertz CT molecular complexity index is 280. The lowest BCUT2D eigenvalue weighted by molar-refractivity contribution is -0.0394. The van der Waals surface area contributed by atoms with E-state index in [1.165, 1.54) is 58.2 Å². The van der Waals surface area contributed by atoms with Crippen LogP contribution in [0.4, 0.5) is 0 Å². The monoisotopic (exact) mass is 266 g/mol. The molecule has 0 aromatic rings. The molecule has 19 heavy (non-hydrogen) atoms. The van der Waals surface area contributed by atoms with Crippen molar-refractivity contribution in [2.45, 2.75) is 70.1 Å². The molecular weight excluding hydrogens is 236 g/mol. The Morgan fingerprint density at radius 2 is 2.05 bits per heavy atom. The zero-order valence-electron chi connectivity index (χ0n) is 12.4. The molecule has 1 aliphatic heterocycles. The summed E-state index contributed by atoms with van der Waals surface area (Å²) in [5.74, 6) is 0.908. The molecule has 1 saturated heterocycles. The van der Waals surface area contributed by atoms with Crippen molar-refractivity contribution < 1.29 is 4.74 Å². The molecular formula is C16H30N2O. The minimum absolute atomic E-state index is 0.506. The van der Waals surface area contributed by atoms with Crippen LogP contribution in [-0.2, 0) is 4.74 Å². The predicted octanol–water partition coefficient (Wildman–Crippen LogP) is 2.41. The smallest absolute Gasteiger partial charge is 0.0702 e. The number of hydrogen-bond donors (Lipinski definition) is 1. The van der Waals surface area contributed by atoms with Gasteiger partial charge in [0.1, 0.15) is 0 Å². The maximum absolute atomic E-state index is 5.97. The SMILES string of the molecule is CCCOC1CCCN(C2CCC2CNC2CC2)C1. The van der Waals surface area contributed by atoms with Gasteiger partial charge >= 0.3 is 0 Å². The highest BCUT2D eigenvalue weighted by molar-refractivity contribution is 4.94. The van der Waals surface area contributed by atoms with E-state index in [0.29, 0.717) is 6.10 Å². The highest BCUT2D eigenvalue weighted by atomic mass is 16.5. The van der Waals surface area contributed by atoms with E-state index in [0.717, 1.165) is 31.0 Å². The van der Waals surface area contributed by atoms with Crippen LogP contribution in [0, 0.1) is 5.92 Å². The molecule has 3 nitrogen and oxygen atoms in total. The second-order valence-corrected chi connectivity index (χ2v) is 6.72. The van der Waals surface area contributed by atoms with E-state index in [1.807, 2.05) is 0 Å². The molecule has 3 atom stereocenters. The Kier molecular flexibility index (Phi) is 4.78. The largest absolute Gasteiger partial charge is 0.377 e. The van der Waals surface area contributed by atoms with Crippen LogP contribution in [-0.4, -0.2) is 49.3 Å². The number of ether oxygens (including phenoxy) is 1. The summed E-state index contributed by atoms with van der Waals surface area (Å²) in [6.45, 7) is 6.88.